The first kappa shape index (κ1) is 11.7. The second-order valence-corrected chi connectivity index (χ2v) is 3.58. The van der Waals surface area contributed by atoms with Gasteiger partial charge in [-0.2, -0.15) is 0 Å². The first-order chi connectivity index (χ1) is 7.00. The maximum absolute atomic E-state index is 11.6. The highest BCUT2D eigenvalue weighted by atomic mass is 35.5. The third-order valence-corrected chi connectivity index (χ3v) is 2.12. The van der Waals surface area contributed by atoms with Crippen molar-refractivity contribution in [1.82, 2.24) is 0 Å². The van der Waals surface area contributed by atoms with Crippen molar-refractivity contribution in [3.63, 3.8) is 0 Å². The first-order valence-corrected chi connectivity index (χ1v) is 4.81. The van der Waals surface area contributed by atoms with Crippen molar-refractivity contribution < 1.29 is 14.3 Å². The monoisotopic (exact) mass is 226 g/mol. The van der Waals surface area contributed by atoms with Crippen molar-refractivity contribution in [2.45, 2.75) is 13.8 Å². The van der Waals surface area contributed by atoms with Crippen LogP contribution < -0.4 is 0 Å². The molecule has 0 saturated carbocycles. The molecule has 3 nitrogen and oxygen atoms in total. The van der Waals surface area contributed by atoms with Gasteiger partial charge >= 0.3 is 5.43 Å². The molecule has 0 unspecified atom stereocenters. The summed E-state index contributed by atoms with van der Waals surface area (Å²) in [6.07, 6.45) is 0. The summed E-state index contributed by atoms with van der Waals surface area (Å²) < 4.78 is 4.43. The van der Waals surface area contributed by atoms with Crippen LogP contribution in [-0.2, 0) is 4.74 Å². The van der Waals surface area contributed by atoms with Crippen LogP contribution in [0.4, 0.5) is 4.79 Å². The van der Waals surface area contributed by atoms with Gasteiger partial charge in [0.1, 0.15) is 0 Å². The number of hydrogen-bond donors (Lipinski definition) is 0. The van der Waals surface area contributed by atoms with Crippen LogP contribution in [-0.4, -0.2) is 17.8 Å². The molecule has 0 amide bonds. The first-order valence-electron chi connectivity index (χ1n) is 4.43. The Morgan fingerprint density at radius 2 is 2.00 bits per heavy atom. The zero-order valence-electron chi connectivity index (χ0n) is 8.54. The standard InChI is InChI=1S/C11H11ClO3/c1-7-3-4-8(2)9(5-7)10(13)6-15-11(12)14/h3-5H,6H2,1-2H3. The minimum Gasteiger partial charge on any atom is -0.445 e. The third-order valence-electron chi connectivity index (χ3n) is 2.01. The summed E-state index contributed by atoms with van der Waals surface area (Å²) in [4.78, 5) is 21.9. The number of ether oxygens (including phenoxy) is 1. The highest BCUT2D eigenvalue weighted by Gasteiger charge is 2.11. The fourth-order valence-electron chi connectivity index (χ4n) is 1.24. The van der Waals surface area contributed by atoms with Gasteiger partial charge in [0.15, 0.2) is 6.61 Å². The van der Waals surface area contributed by atoms with Crippen LogP contribution in [0.25, 0.3) is 0 Å². The van der Waals surface area contributed by atoms with Gasteiger partial charge in [0.2, 0.25) is 5.78 Å². The lowest BCUT2D eigenvalue weighted by Gasteiger charge is -2.05. The van der Waals surface area contributed by atoms with Crippen molar-refractivity contribution in [3.8, 4) is 0 Å². The Balaban J connectivity index is 2.81. The Morgan fingerprint density at radius 1 is 1.33 bits per heavy atom. The topological polar surface area (TPSA) is 43.4 Å². The van der Waals surface area contributed by atoms with Crippen molar-refractivity contribution in [1.29, 1.82) is 0 Å². The Kier molecular flexibility index (Phi) is 3.86. The number of aryl methyl sites for hydroxylation is 2. The molecule has 0 aliphatic carbocycles. The van der Waals surface area contributed by atoms with Crippen LogP contribution >= 0.6 is 11.6 Å². The van der Waals surface area contributed by atoms with Gasteiger partial charge in [0.25, 0.3) is 0 Å². The molecule has 0 aliphatic heterocycles. The minimum atomic E-state index is -0.964. The zero-order valence-corrected chi connectivity index (χ0v) is 9.30. The van der Waals surface area contributed by atoms with Crippen LogP contribution in [0.15, 0.2) is 18.2 Å². The Labute approximate surface area is 93.0 Å². The Bertz CT molecular complexity index is 399. The van der Waals surface area contributed by atoms with Gasteiger partial charge in [-0.1, -0.05) is 17.7 Å². The van der Waals surface area contributed by atoms with E-state index < -0.39 is 5.43 Å². The highest BCUT2D eigenvalue weighted by Crippen LogP contribution is 2.11. The maximum Gasteiger partial charge on any atom is 0.404 e. The van der Waals surface area contributed by atoms with Gasteiger partial charge in [-0.05, 0) is 25.5 Å². The molecule has 0 saturated heterocycles. The average molecular weight is 227 g/mol. The van der Waals surface area contributed by atoms with E-state index in [2.05, 4.69) is 4.74 Å². The maximum atomic E-state index is 11.6. The van der Waals surface area contributed by atoms with Crippen LogP contribution in [0.5, 0.6) is 0 Å². The summed E-state index contributed by atoms with van der Waals surface area (Å²) in [5.74, 6) is -0.245. The molecule has 15 heavy (non-hydrogen) atoms. The lowest BCUT2D eigenvalue weighted by Crippen LogP contribution is -2.11. The molecule has 1 aromatic carbocycles. The Morgan fingerprint density at radius 3 is 2.60 bits per heavy atom. The van der Waals surface area contributed by atoms with E-state index in [1.807, 2.05) is 26.0 Å². The molecular formula is C11H11ClO3. The molecule has 1 rings (SSSR count). The summed E-state index contributed by atoms with van der Waals surface area (Å²) in [6.45, 7) is 3.41. The molecule has 0 aliphatic rings. The largest absolute Gasteiger partial charge is 0.445 e. The van der Waals surface area contributed by atoms with E-state index in [9.17, 15) is 9.59 Å². The smallest absolute Gasteiger partial charge is 0.404 e. The summed E-state index contributed by atoms with van der Waals surface area (Å²) in [6, 6.07) is 5.53. The molecule has 0 bridgehead atoms. The molecule has 0 spiro atoms. The van der Waals surface area contributed by atoms with Crippen LogP contribution in [0.1, 0.15) is 21.5 Å². The van der Waals surface area contributed by atoms with E-state index in [-0.39, 0.29) is 12.4 Å². The quantitative estimate of drug-likeness (QED) is 0.588. The van der Waals surface area contributed by atoms with E-state index >= 15 is 0 Å². The molecule has 0 N–H and O–H groups in total. The van der Waals surface area contributed by atoms with Gasteiger partial charge in [0.05, 0.1) is 0 Å². The summed E-state index contributed by atoms with van der Waals surface area (Å²) in [5.41, 5.74) is 1.44. The summed E-state index contributed by atoms with van der Waals surface area (Å²) >= 11 is 4.97. The van der Waals surface area contributed by atoms with E-state index in [0.717, 1.165) is 11.1 Å². The van der Waals surface area contributed by atoms with E-state index in [1.54, 1.807) is 6.07 Å². The molecule has 0 atom stereocenters. The third kappa shape index (κ3) is 3.36. The fourth-order valence-corrected chi connectivity index (χ4v) is 1.29. The average Bonchev–Trinajstić information content (AvgIpc) is 2.18. The number of ketones is 1. The van der Waals surface area contributed by atoms with Crippen LogP contribution in [0.2, 0.25) is 0 Å². The number of halogens is 1. The minimum absolute atomic E-state index is 0.245. The molecule has 4 heteroatoms. The number of hydrogen-bond acceptors (Lipinski definition) is 3. The van der Waals surface area contributed by atoms with Crippen LogP contribution in [0.3, 0.4) is 0 Å². The highest BCUT2D eigenvalue weighted by molar-refractivity contribution is 6.61. The Hall–Kier alpha value is -1.35. The number of benzene rings is 1. The molecule has 0 fully saturated rings. The summed E-state index contributed by atoms with van der Waals surface area (Å²) in [5, 5.41) is 0. The summed E-state index contributed by atoms with van der Waals surface area (Å²) in [7, 11) is 0. The molecule has 0 radical (unpaired) electrons. The lowest BCUT2D eigenvalue weighted by molar-refractivity contribution is 0.0875. The van der Waals surface area contributed by atoms with Gasteiger partial charge in [-0.15, -0.1) is 0 Å². The van der Waals surface area contributed by atoms with E-state index in [0.29, 0.717) is 5.56 Å². The van der Waals surface area contributed by atoms with E-state index in [1.165, 1.54) is 0 Å². The zero-order chi connectivity index (χ0) is 11.4. The van der Waals surface area contributed by atoms with Crippen LogP contribution in [0, 0.1) is 13.8 Å². The lowest BCUT2D eigenvalue weighted by atomic mass is 10.0. The van der Waals surface area contributed by atoms with Gasteiger partial charge < -0.3 is 4.74 Å². The second-order valence-electron chi connectivity index (χ2n) is 3.27. The second kappa shape index (κ2) is 4.94. The predicted molar refractivity (Wildman–Crippen MR) is 57.4 cm³/mol. The van der Waals surface area contributed by atoms with Gasteiger partial charge in [-0.3, -0.25) is 4.79 Å². The van der Waals surface area contributed by atoms with Crippen molar-refractivity contribution >= 4 is 22.8 Å². The van der Waals surface area contributed by atoms with Gasteiger partial charge in [-0.25, -0.2) is 4.79 Å². The molecule has 0 heterocycles. The van der Waals surface area contributed by atoms with Crippen molar-refractivity contribution in [2.75, 3.05) is 6.61 Å². The number of rotatable bonds is 3. The van der Waals surface area contributed by atoms with Crippen molar-refractivity contribution in [3.05, 3.63) is 34.9 Å². The molecule has 0 aromatic heterocycles. The number of Topliss-reactive ketones (excluding diaryl/α,β-unsaturated/α-hetero) is 1. The van der Waals surface area contributed by atoms with Crippen molar-refractivity contribution in [2.24, 2.45) is 0 Å². The SMILES string of the molecule is Cc1ccc(C)c(C(=O)COC(=O)Cl)c1. The predicted octanol–water partition coefficient (Wildman–Crippen LogP) is 2.86. The number of carbonyl (C=O) groups excluding carboxylic acids is 2. The fraction of sp³-hybridized carbons (Fsp3) is 0.273. The van der Waals surface area contributed by atoms with Gasteiger partial charge in [0, 0.05) is 17.2 Å². The van der Waals surface area contributed by atoms with E-state index in [4.69, 9.17) is 11.6 Å². The molecule has 80 valence electrons. The number of carbonyl (C=O) groups is 2. The molecule has 1 aromatic rings. The normalized spacial score (nSPS) is 9.80. The molecular weight excluding hydrogens is 216 g/mol.